The Morgan fingerprint density at radius 2 is 2.00 bits per heavy atom. The van der Waals surface area contributed by atoms with Crippen LogP contribution in [0.4, 0.5) is 15.2 Å². The van der Waals surface area contributed by atoms with E-state index in [0.29, 0.717) is 16.4 Å². The van der Waals surface area contributed by atoms with Crippen LogP contribution in [0.1, 0.15) is 0 Å². The van der Waals surface area contributed by atoms with Gasteiger partial charge in [-0.3, -0.25) is 0 Å². The normalized spacial score (nSPS) is 10.9. The molecule has 0 aliphatic rings. The van der Waals surface area contributed by atoms with E-state index in [1.807, 2.05) is 12.1 Å². The molecular formula is C14H9Br2FN2OS. The fourth-order valence-corrected chi connectivity index (χ4v) is 3.96. The predicted octanol–water partition coefficient (Wildman–Crippen LogP) is 5.71. The average molecular weight is 432 g/mol. The van der Waals surface area contributed by atoms with Gasteiger partial charge in [0.25, 0.3) is 0 Å². The zero-order chi connectivity index (χ0) is 15.0. The first kappa shape index (κ1) is 14.7. The number of anilines is 2. The van der Waals surface area contributed by atoms with Gasteiger partial charge >= 0.3 is 0 Å². The van der Waals surface area contributed by atoms with Crippen molar-refractivity contribution in [2.24, 2.45) is 0 Å². The van der Waals surface area contributed by atoms with E-state index in [1.165, 1.54) is 23.5 Å². The number of hydrogen-bond donors (Lipinski definition) is 1. The van der Waals surface area contributed by atoms with Gasteiger partial charge in [0.15, 0.2) is 5.13 Å². The second-order valence-electron chi connectivity index (χ2n) is 4.22. The van der Waals surface area contributed by atoms with Gasteiger partial charge in [0.05, 0.1) is 27.5 Å². The maximum atomic E-state index is 13.2. The average Bonchev–Trinajstić information content (AvgIpc) is 2.83. The van der Waals surface area contributed by atoms with Gasteiger partial charge in [-0.15, -0.1) is 0 Å². The van der Waals surface area contributed by atoms with Crippen LogP contribution in [0.15, 0.2) is 39.3 Å². The van der Waals surface area contributed by atoms with Gasteiger partial charge in [0.2, 0.25) is 0 Å². The Hall–Kier alpha value is -1.18. The second kappa shape index (κ2) is 5.90. The van der Waals surface area contributed by atoms with Crippen molar-refractivity contribution in [1.29, 1.82) is 0 Å². The number of benzene rings is 2. The number of methoxy groups -OCH3 is 1. The molecule has 0 saturated heterocycles. The largest absolute Gasteiger partial charge is 0.495 e. The molecule has 1 heterocycles. The summed E-state index contributed by atoms with van der Waals surface area (Å²) >= 11 is 8.38. The van der Waals surface area contributed by atoms with Crippen LogP contribution in [-0.2, 0) is 0 Å². The second-order valence-corrected chi connectivity index (χ2v) is 6.96. The highest BCUT2D eigenvalue weighted by Crippen LogP contribution is 2.37. The Labute approximate surface area is 141 Å². The van der Waals surface area contributed by atoms with Gasteiger partial charge in [-0.1, -0.05) is 11.3 Å². The molecule has 3 nitrogen and oxygen atoms in total. The highest BCUT2D eigenvalue weighted by Gasteiger charge is 2.10. The first-order valence-electron chi connectivity index (χ1n) is 5.93. The molecule has 0 saturated carbocycles. The summed E-state index contributed by atoms with van der Waals surface area (Å²) in [4.78, 5) is 4.38. The van der Waals surface area contributed by atoms with Gasteiger partial charge in [0.1, 0.15) is 11.6 Å². The number of thiazole rings is 1. The predicted molar refractivity (Wildman–Crippen MR) is 91.3 cm³/mol. The number of halogens is 3. The third-order valence-corrected chi connectivity index (χ3v) is 5.06. The van der Waals surface area contributed by atoms with Crippen LogP contribution in [-0.4, -0.2) is 12.1 Å². The molecule has 0 spiro atoms. The van der Waals surface area contributed by atoms with Gasteiger partial charge in [-0.05, 0) is 50.1 Å². The molecule has 1 N–H and O–H groups in total. The van der Waals surface area contributed by atoms with Gasteiger partial charge < -0.3 is 10.1 Å². The van der Waals surface area contributed by atoms with Crippen LogP contribution in [0.5, 0.6) is 5.75 Å². The molecule has 0 radical (unpaired) electrons. The van der Waals surface area contributed by atoms with Crippen LogP contribution in [0.3, 0.4) is 0 Å². The lowest BCUT2D eigenvalue weighted by atomic mass is 10.3. The third-order valence-electron chi connectivity index (χ3n) is 2.83. The van der Waals surface area contributed by atoms with Crippen molar-refractivity contribution in [2.75, 3.05) is 12.4 Å². The van der Waals surface area contributed by atoms with Crippen molar-refractivity contribution in [2.45, 2.75) is 0 Å². The van der Waals surface area contributed by atoms with Crippen LogP contribution in [0.2, 0.25) is 0 Å². The molecule has 0 unspecified atom stereocenters. The van der Waals surface area contributed by atoms with Crippen molar-refractivity contribution >= 4 is 64.2 Å². The number of hydrogen-bond acceptors (Lipinski definition) is 4. The monoisotopic (exact) mass is 430 g/mol. The molecule has 21 heavy (non-hydrogen) atoms. The zero-order valence-corrected chi connectivity index (χ0v) is 14.8. The van der Waals surface area contributed by atoms with Crippen molar-refractivity contribution in [3.8, 4) is 5.75 Å². The lowest BCUT2D eigenvalue weighted by Gasteiger charge is -2.09. The third kappa shape index (κ3) is 3.04. The molecule has 7 heteroatoms. The Morgan fingerprint density at radius 3 is 2.76 bits per heavy atom. The van der Waals surface area contributed by atoms with E-state index in [1.54, 1.807) is 13.2 Å². The SMILES string of the molecule is COc1cc(Nc2nc3cc(F)ccc3s2)c(Br)cc1Br. The number of ether oxygens (including phenoxy) is 1. The summed E-state index contributed by atoms with van der Waals surface area (Å²) in [6, 6.07) is 8.34. The zero-order valence-electron chi connectivity index (χ0n) is 10.8. The lowest BCUT2D eigenvalue weighted by molar-refractivity contribution is 0.412. The Morgan fingerprint density at radius 1 is 1.19 bits per heavy atom. The van der Waals surface area contributed by atoms with Crippen LogP contribution in [0.25, 0.3) is 10.2 Å². The number of fused-ring (bicyclic) bond motifs is 1. The molecule has 0 aliphatic heterocycles. The van der Waals surface area contributed by atoms with E-state index < -0.39 is 0 Å². The van der Waals surface area contributed by atoms with E-state index in [4.69, 9.17) is 4.74 Å². The number of aromatic nitrogens is 1. The molecule has 0 atom stereocenters. The fourth-order valence-electron chi connectivity index (χ4n) is 1.85. The first-order chi connectivity index (χ1) is 10.1. The molecule has 0 bridgehead atoms. The van der Waals surface area contributed by atoms with Crippen LogP contribution < -0.4 is 10.1 Å². The van der Waals surface area contributed by atoms with Gasteiger partial charge in [-0.25, -0.2) is 9.37 Å². The summed E-state index contributed by atoms with van der Waals surface area (Å²) in [6.45, 7) is 0. The molecule has 3 aromatic rings. The fraction of sp³-hybridized carbons (Fsp3) is 0.0714. The number of nitrogens with zero attached hydrogens (tertiary/aromatic N) is 1. The Bertz CT molecular complexity index is 822. The highest BCUT2D eigenvalue weighted by atomic mass is 79.9. The van der Waals surface area contributed by atoms with E-state index in [0.717, 1.165) is 19.3 Å². The molecule has 0 amide bonds. The van der Waals surface area contributed by atoms with Crippen molar-refractivity contribution in [3.05, 3.63) is 45.1 Å². The summed E-state index contributed by atoms with van der Waals surface area (Å²) in [5, 5.41) is 3.92. The molecule has 0 fully saturated rings. The Kier molecular flexibility index (Phi) is 4.14. The maximum absolute atomic E-state index is 13.2. The maximum Gasteiger partial charge on any atom is 0.188 e. The number of nitrogens with one attached hydrogen (secondary N) is 1. The van der Waals surface area contributed by atoms with Crippen LogP contribution in [0, 0.1) is 5.82 Å². The summed E-state index contributed by atoms with van der Waals surface area (Å²) in [5.41, 5.74) is 1.47. The quantitative estimate of drug-likeness (QED) is 0.576. The van der Waals surface area contributed by atoms with Crippen molar-refractivity contribution < 1.29 is 9.13 Å². The minimum absolute atomic E-state index is 0.286. The molecule has 3 rings (SSSR count). The molecule has 1 aromatic heterocycles. The smallest absolute Gasteiger partial charge is 0.188 e. The van der Waals surface area contributed by atoms with Gasteiger partial charge in [0, 0.05) is 16.6 Å². The molecule has 0 aliphatic carbocycles. The first-order valence-corrected chi connectivity index (χ1v) is 8.33. The summed E-state index contributed by atoms with van der Waals surface area (Å²) in [6.07, 6.45) is 0. The van der Waals surface area contributed by atoms with Crippen LogP contribution >= 0.6 is 43.2 Å². The summed E-state index contributed by atoms with van der Waals surface area (Å²) in [7, 11) is 1.61. The van der Waals surface area contributed by atoms with E-state index >= 15 is 0 Å². The number of rotatable bonds is 3. The molecule has 2 aromatic carbocycles. The summed E-state index contributed by atoms with van der Waals surface area (Å²) < 4.78 is 21.1. The minimum Gasteiger partial charge on any atom is -0.495 e. The van der Waals surface area contributed by atoms with Crippen molar-refractivity contribution in [3.63, 3.8) is 0 Å². The summed E-state index contributed by atoms with van der Waals surface area (Å²) in [5.74, 6) is 0.429. The molecule has 108 valence electrons. The minimum atomic E-state index is -0.286. The van der Waals surface area contributed by atoms with E-state index in [2.05, 4.69) is 42.2 Å². The standard InChI is InChI=1S/C14H9Br2FN2OS/c1-20-12-6-10(8(15)5-9(12)16)18-14-19-11-4-7(17)2-3-13(11)21-14/h2-6H,1H3,(H,18,19). The van der Waals surface area contributed by atoms with Gasteiger partial charge in [-0.2, -0.15) is 0 Å². The molecular weight excluding hydrogens is 423 g/mol. The topological polar surface area (TPSA) is 34.1 Å². The Balaban J connectivity index is 1.98. The van der Waals surface area contributed by atoms with E-state index in [-0.39, 0.29) is 5.82 Å². The lowest BCUT2D eigenvalue weighted by Crippen LogP contribution is -1.93. The highest BCUT2D eigenvalue weighted by molar-refractivity contribution is 9.11. The van der Waals surface area contributed by atoms with E-state index in [9.17, 15) is 4.39 Å². The van der Waals surface area contributed by atoms with Crippen molar-refractivity contribution in [1.82, 2.24) is 4.98 Å².